The minimum Gasteiger partial charge on any atom is -0.464 e. The summed E-state index contributed by atoms with van der Waals surface area (Å²) in [5.41, 5.74) is 1.33. The molecule has 23 heavy (non-hydrogen) atoms. The summed E-state index contributed by atoms with van der Waals surface area (Å²) in [4.78, 5) is 25.6. The summed E-state index contributed by atoms with van der Waals surface area (Å²) in [6.45, 7) is 5.02. The van der Waals surface area contributed by atoms with Gasteiger partial charge in [0, 0.05) is 24.3 Å². The molecule has 2 heterocycles. The third kappa shape index (κ3) is 3.21. The standard InChI is InChI=1S/C17H19N3O3/c1-11-3-8-15(23-11)12(2)19-16(21)13-4-6-14(7-5-13)20-10-9-18-17(20)22/h3-8,12H,9-10H2,1-2H3,(H,18,22)(H,19,21). The van der Waals surface area contributed by atoms with Gasteiger partial charge in [0.2, 0.25) is 0 Å². The Morgan fingerprint density at radius 3 is 2.57 bits per heavy atom. The van der Waals surface area contributed by atoms with Gasteiger partial charge >= 0.3 is 6.03 Å². The minimum absolute atomic E-state index is 0.107. The number of aryl methyl sites for hydroxylation is 1. The number of carbonyl (C=O) groups is 2. The highest BCUT2D eigenvalue weighted by Crippen LogP contribution is 2.19. The summed E-state index contributed by atoms with van der Waals surface area (Å²) in [5.74, 6) is 1.36. The van der Waals surface area contributed by atoms with Crippen LogP contribution in [0.4, 0.5) is 10.5 Å². The molecule has 6 nitrogen and oxygen atoms in total. The predicted octanol–water partition coefficient (Wildman–Crippen LogP) is 2.61. The van der Waals surface area contributed by atoms with Crippen LogP contribution in [0.3, 0.4) is 0 Å². The topological polar surface area (TPSA) is 74.6 Å². The second-order valence-electron chi connectivity index (χ2n) is 5.57. The maximum atomic E-state index is 12.3. The fraction of sp³-hybridized carbons (Fsp3) is 0.294. The van der Waals surface area contributed by atoms with E-state index < -0.39 is 0 Å². The second-order valence-corrected chi connectivity index (χ2v) is 5.57. The molecule has 6 heteroatoms. The molecule has 120 valence electrons. The van der Waals surface area contributed by atoms with Gasteiger partial charge in [0.05, 0.1) is 6.04 Å². The van der Waals surface area contributed by atoms with Gasteiger partial charge in [0.1, 0.15) is 11.5 Å². The summed E-state index contributed by atoms with van der Waals surface area (Å²) < 4.78 is 5.51. The number of rotatable bonds is 4. The van der Waals surface area contributed by atoms with Gasteiger partial charge in [0.15, 0.2) is 0 Å². The first-order valence-electron chi connectivity index (χ1n) is 7.57. The third-order valence-electron chi connectivity index (χ3n) is 3.83. The van der Waals surface area contributed by atoms with Crippen molar-refractivity contribution in [2.45, 2.75) is 19.9 Å². The Balaban J connectivity index is 1.67. The highest BCUT2D eigenvalue weighted by atomic mass is 16.3. The van der Waals surface area contributed by atoms with Gasteiger partial charge in [-0.05, 0) is 50.2 Å². The molecule has 1 atom stereocenters. The molecule has 0 spiro atoms. The molecule has 2 N–H and O–H groups in total. The monoisotopic (exact) mass is 313 g/mol. The van der Waals surface area contributed by atoms with Crippen molar-refractivity contribution < 1.29 is 14.0 Å². The summed E-state index contributed by atoms with van der Waals surface area (Å²) in [7, 11) is 0. The van der Waals surface area contributed by atoms with E-state index in [1.54, 1.807) is 29.2 Å². The van der Waals surface area contributed by atoms with Crippen LogP contribution in [-0.2, 0) is 0 Å². The SMILES string of the molecule is Cc1ccc(C(C)NC(=O)c2ccc(N3CCNC3=O)cc2)o1. The van der Waals surface area contributed by atoms with E-state index in [0.29, 0.717) is 18.7 Å². The number of nitrogens with one attached hydrogen (secondary N) is 2. The van der Waals surface area contributed by atoms with Crippen LogP contribution in [0.15, 0.2) is 40.8 Å². The second kappa shape index (κ2) is 6.16. The average molecular weight is 313 g/mol. The lowest BCUT2D eigenvalue weighted by molar-refractivity contribution is 0.0935. The maximum absolute atomic E-state index is 12.3. The van der Waals surface area contributed by atoms with E-state index in [4.69, 9.17) is 4.42 Å². The molecule has 1 unspecified atom stereocenters. The first-order chi connectivity index (χ1) is 11.0. The molecule has 0 aliphatic carbocycles. The fourth-order valence-electron chi connectivity index (χ4n) is 2.55. The van der Waals surface area contributed by atoms with Gasteiger partial charge in [0.25, 0.3) is 5.91 Å². The van der Waals surface area contributed by atoms with Crippen LogP contribution in [0, 0.1) is 6.92 Å². The highest BCUT2D eigenvalue weighted by molar-refractivity contribution is 5.97. The molecule has 1 fully saturated rings. The van der Waals surface area contributed by atoms with Crippen LogP contribution in [0.25, 0.3) is 0 Å². The van der Waals surface area contributed by atoms with E-state index in [0.717, 1.165) is 17.2 Å². The van der Waals surface area contributed by atoms with E-state index in [1.165, 1.54) is 0 Å². The predicted molar refractivity (Wildman–Crippen MR) is 86.5 cm³/mol. The Morgan fingerprint density at radius 2 is 2.00 bits per heavy atom. The highest BCUT2D eigenvalue weighted by Gasteiger charge is 2.21. The van der Waals surface area contributed by atoms with Crippen molar-refractivity contribution in [2.75, 3.05) is 18.0 Å². The number of anilines is 1. The van der Waals surface area contributed by atoms with Crippen LogP contribution in [0.5, 0.6) is 0 Å². The number of nitrogens with zero attached hydrogens (tertiary/aromatic N) is 1. The molecular formula is C17H19N3O3. The molecule has 3 rings (SSSR count). The minimum atomic E-state index is -0.208. The van der Waals surface area contributed by atoms with Gasteiger partial charge in [-0.2, -0.15) is 0 Å². The summed E-state index contributed by atoms with van der Waals surface area (Å²) in [6.07, 6.45) is 0. The van der Waals surface area contributed by atoms with Gasteiger partial charge in [-0.3, -0.25) is 9.69 Å². The molecule has 0 saturated carbocycles. The van der Waals surface area contributed by atoms with E-state index in [-0.39, 0.29) is 18.0 Å². The lowest BCUT2D eigenvalue weighted by atomic mass is 10.1. The lowest BCUT2D eigenvalue weighted by Gasteiger charge is -2.15. The van der Waals surface area contributed by atoms with Crippen LogP contribution in [0.2, 0.25) is 0 Å². The largest absolute Gasteiger partial charge is 0.464 e. The third-order valence-corrected chi connectivity index (χ3v) is 3.83. The van der Waals surface area contributed by atoms with Gasteiger partial charge in [-0.25, -0.2) is 4.79 Å². The van der Waals surface area contributed by atoms with Crippen molar-refractivity contribution in [3.8, 4) is 0 Å². The van der Waals surface area contributed by atoms with Crippen molar-refractivity contribution in [2.24, 2.45) is 0 Å². The van der Waals surface area contributed by atoms with E-state index >= 15 is 0 Å². The molecular weight excluding hydrogens is 294 g/mol. The Bertz CT molecular complexity index is 721. The number of furan rings is 1. The molecule has 1 saturated heterocycles. The van der Waals surface area contributed by atoms with Crippen molar-refractivity contribution in [1.29, 1.82) is 0 Å². The quantitative estimate of drug-likeness (QED) is 0.911. The molecule has 3 amide bonds. The lowest BCUT2D eigenvalue weighted by Crippen LogP contribution is -2.28. The number of amides is 3. The summed E-state index contributed by atoms with van der Waals surface area (Å²) in [5, 5.41) is 5.65. The van der Waals surface area contributed by atoms with Crippen LogP contribution < -0.4 is 15.5 Å². The van der Waals surface area contributed by atoms with Gasteiger partial charge in [-0.1, -0.05) is 0 Å². The van der Waals surface area contributed by atoms with Gasteiger partial charge in [-0.15, -0.1) is 0 Å². The molecule has 1 aliphatic heterocycles. The van der Waals surface area contributed by atoms with Crippen LogP contribution in [0.1, 0.15) is 34.8 Å². The van der Waals surface area contributed by atoms with Crippen LogP contribution >= 0.6 is 0 Å². The molecule has 0 bridgehead atoms. The van der Waals surface area contributed by atoms with E-state index in [2.05, 4.69) is 10.6 Å². The number of hydrogen-bond donors (Lipinski definition) is 2. The number of carbonyl (C=O) groups excluding carboxylic acids is 2. The molecule has 0 radical (unpaired) electrons. The zero-order valence-corrected chi connectivity index (χ0v) is 13.1. The number of urea groups is 1. The average Bonchev–Trinajstić information content (AvgIpc) is 3.16. The number of hydrogen-bond acceptors (Lipinski definition) is 3. The van der Waals surface area contributed by atoms with E-state index in [9.17, 15) is 9.59 Å². The molecule has 1 aliphatic rings. The molecule has 1 aromatic heterocycles. The van der Waals surface area contributed by atoms with Crippen molar-refractivity contribution in [1.82, 2.24) is 10.6 Å². The Labute approximate surface area is 134 Å². The Hall–Kier alpha value is -2.76. The number of benzene rings is 1. The fourth-order valence-corrected chi connectivity index (χ4v) is 2.55. The van der Waals surface area contributed by atoms with Crippen molar-refractivity contribution in [3.63, 3.8) is 0 Å². The Morgan fingerprint density at radius 1 is 1.26 bits per heavy atom. The summed E-state index contributed by atoms with van der Waals surface area (Å²) in [6, 6.07) is 10.4. The molecule has 2 aromatic rings. The van der Waals surface area contributed by atoms with E-state index in [1.807, 2.05) is 26.0 Å². The summed E-state index contributed by atoms with van der Waals surface area (Å²) >= 11 is 0. The zero-order chi connectivity index (χ0) is 16.4. The Kier molecular flexibility index (Phi) is 4.06. The first-order valence-corrected chi connectivity index (χ1v) is 7.57. The molecule has 1 aromatic carbocycles. The first kappa shape index (κ1) is 15.1. The zero-order valence-electron chi connectivity index (χ0n) is 13.1. The smallest absolute Gasteiger partial charge is 0.321 e. The maximum Gasteiger partial charge on any atom is 0.321 e. The normalized spacial score (nSPS) is 15.4. The van der Waals surface area contributed by atoms with Crippen molar-refractivity contribution >= 4 is 17.6 Å². The van der Waals surface area contributed by atoms with Gasteiger partial charge < -0.3 is 15.1 Å². The van der Waals surface area contributed by atoms with Crippen molar-refractivity contribution in [3.05, 3.63) is 53.5 Å². The van der Waals surface area contributed by atoms with Crippen LogP contribution in [-0.4, -0.2) is 25.0 Å².